The SMILES string of the molecule is C[C@@H]1CCC2CCCC[C@]21O. The maximum absolute atomic E-state index is 10.3. The first-order chi connectivity index (χ1) is 5.23. The van der Waals surface area contributed by atoms with Crippen LogP contribution in [0.25, 0.3) is 0 Å². The Hall–Kier alpha value is -0.0400. The molecule has 3 atom stereocenters. The van der Waals surface area contributed by atoms with Gasteiger partial charge in [0.25, 0.3) is 0 Å². The number of aliphatic hydroxyl groups is 1. The standard InChI is InChI=1S/C10H18O/c1-8-5-6-9-4-2-3-7-10(8,9)11/h8-9,11H,2-7H2,1H3/t8-,9?,10-/m1/s1. The molecule has 2 aliphatic rings. The first-order valence-electron chi connectivity index (χ1n) is 4.96. The second-order valence-corrected chi connectivity index (χ2v) is 4.41. The highest BCUT2D eigenvalue weighted by atomic mass is 16.3. The molecule has 0 spiro atoms. The van der Waals surface area contributed by atoms with E-state index in [0.29, 0.717) is 11.8 Å². The highest BCUT2D eigenvalue weighted by Crippen LogP contribution is 2.48. The summed E-state index contributed by atoms with van der Waals surface area (Å²) in [5.41, 5.74) is -0.252. The molecule has 0 aromatic heterocycles. The minimum absolute atomic E-state index is 0.252. The third-order valence-corrected chi connectivity index (χ3v) is 3.89. The number of hydrogen-bond acceptors (Lipinski definition) is 1. The minimum Gasteiger partial charge on any atom is -0.389 e. The predicted molar refractivity (Wildman–Crippen MR) is 45.3 cm³/mol. The fourth-order valence-electron chi connectivity index (χ4n) is 3.00. The maximum atomic E-state index is 10.3. The van der Waals surface area contributed by atoms with E-state index in [1.165, 1.54) is 32.1 Å². The molecule has 0 radical (unpaired) electrons. The molecule has 2 rings (SSSR count). The molecule has 0 aromatic rings. The summed E-state index contributed by atoms with van der Waals surface area (Å²) >= 11 is 0. The van der Waals surface area contributed by atoms with E-state index in [2.05, 4.69) is 6.92 Å². The molecule has 2 fully saturated rings. The van der Waals surface area contributed by atoms with E-state index in [-0.39, 0.29) is 5.60 Å². The Balaban J connectivity index is 2.16. The summed E-state index contributed by atoms with van der Waals surface area (Å²) in [7, 11) is 0. The molecule has 0 bridgehead atoms. The Morgan fingerprint density at radius 2 is 2.00 bits per heavy atom. The molecule has 1 unspecified atom stereocenters. The van der Waals surface area contributed by atoms with Gasteiger partial charge in [0.1, 0.15) is 0 Å². The Morgan fingerprint density at radius 3 is 2.73 bits per heavy atom. The van der Waals surface area contributed by atoms with Crippen LogP contribution >= 0.6 is 0 Å². The molecule has 1 nitrogen and oxygen atoms in total. The van der Waals surface area contributed by atoms with Gasteiger partial charge < -0.3 is 5.11 Å². The van der Waals surface area contributed by atoms with E-state index in [1.54, 1.807) is 0 Å². The van der Waals surface area contributed by atoms with Crippen molar-refractivity contribution < 1.29 is 5.11 Å². The van der Waals surface area contributed by atoms with Crippen LogP contribution in [0.15, 0.2) is 0 Å². The molecule has 0 heterocycles. The van der Waals surface area contributed by atoms with Gasteiger partial charge in [0, 0.05) is 0 Å². The third-order valence-electron chi connectivity index (χ3n) is 3.89. The highest BCUT2D eigenvalue weighted by molar-refractivity contribution is 4.98. The summed E-state index contributed by atoms with van der Waals surface area (Å²) < 4.78 is 0. The van der Waals surface area contributed by atoms with Crippen LogP contribution < -0.4 is 0 Å². The van der Waals surface area contributed by atoms with Crippen LogP contribution in [0.5, 0.6) is 0 Å². The van der Waals surface area contributed by atoms with Crippen LogP contribution in [0.4, 0.5) is 0 Å². The first-order valence-corrected chi connectivity index (χ1v) is 4.96. The number of hydrogen-bond donors (Lipinski definition) is 1. The second kappa shape index (κ2) is 2.48. The van der Waals surface area contributed by atoms with Crippen LogP contribution in [0.1, 0.15) is 45.4 Å². The average Bonchev–Trinajstić information content (AvgIpc) is 2.29. The largest absolute Gasteiger partial charge is 0.389 e. The lowest BCUT2D eigenvalue weighted by molar-refractivity contribution is -0.0571. The van der Waals surface area contributed by atoms with E-state index in [4.69, 9.17) is 0 Å². The van der Waals surface area contributed by atoms with Crippen molar-refractivity contribution in [2.75, 3.05) is 0 Å². The molecule has 2 aliphatic carbocycles. The highest BCUT2D eigenvalue weighted by Gasteiger charge is 2.47. The summed E-state index contributed by atoms with van der Waals surface area (Å²) in [5, 5.41) is 10.3. The Morgan fingerprint density at radius 1 is 1.18 bits per heavy atom. The lowest BCUT2D eigenvalue weighted by atomic mass is 9.74. The maximum Gasteiger partial charge on any atom is 0.0701 e. The van der Waals surface area contributed by atoms with E-state index in [1.807, 2.05) is 0 Å². The van der Waals surface area contributed by atoms with Crippen molar-refractivity contribution in [2.45, 2.75) is 51.0 Å². The summed E-state index contributed by atoms with van der Waals surface area (Å²) in [6, 6.07) is 0. The zero-order chi connectivity index (χ0) is 7.90. The van der Waals surface area contributed by atoms with Gasteiger partial charge in [-0.05, 0) is 37.5 Å². The Labute approximate surface area is 68.8 Å². The fourth-order valence-corrected chi connectivity index (χ4v) is 3.00. The quantitative estimate of drug-likeness (QED) is 0.568. The lowest BCUT2D eigenvalue weighted by Crippen LogP contribution is -2.40. The lowest BCUT2D eigenvalue weighted by Gasteiger charge is -2.37. The molecular formula is C10H18O. The van der Waals surface area contributed by atoms with Gasteiger partial charge in [-0.25, -0.2) is 0 Å². The van der Waals surface area contributed by atoms with E-state index in [9.17, 15) is 5.11 Å². The van der Waals surface area contributed by atoms with Crippen molar-refractivity contribution in [3.8, 4) is 0 Å². The normalized spacial score (nSPS) is 50.7. The molecule has 2 saturated carbocycles. The van der Waals surface area contributed by atoms with Crippen LogP contribution in [-0.4, -0.2) is 10.7 Å². The van der Waals surface area contributed by atoms with E-state index >= 15 is 0 Å². The number of rotatable bonds is 0. The molecule has 0 aromatic carbocycles. The monoisotopic (exact) mass is 154 g/mol. The molecular weight excluding hydrogens is 136 g/mol. The van der Waals surface area contributed by atoms with Gasteiger partial charge in [0.2, 0.25) is 0 Å². The van der Waals surface area contributed by atoms with Crippen molar-refractivity contribution in [1.29, 1.82) is 0 Å². The van der Waals surface area contributed by atoms with Gasteiger partial charge in [-0.1, -0.05) is 19.8 Å². The summed E-state index contributed by atoms with van der Waals surface area (Å²) in [6.45, 7) is 2.21. The van der Waals surface area contributed by atoms with Crippen LogP contribution in [0.2, 0.25) is 0 Å². The average molecular weight is 154 g/mol. The smallest absolute Gasteiger partial charge is 0.0701 e. The first kappa shape index (κ1) is 7.60. The molecule has 0 amide bonds. The van der Waals surface area contributed by atoms with Crippen molar-refractivity contribution in [1.82, 2.24) is 0 Å². The molecule has 0 saturated heterocycles. The molecule has 0 aliphatic heterocycles. The van der Waals surface area contributed by atoms with Gasteiger partial charge in [-0.3, -0.25) is 0 Å². The van der Waals surface area contributed by atoms with Crippen molar-refractivity contribution in [3.63, 3.8) is 0 Å². The van der Waals surface area contributed by atoms with Crippen LogP contribution in [-0.2, 0) is 0 Å². The molecule has 1 heteroatoms. The fraction of sp³-hybridized carbons (Fsp3) is 1.00. The topological polar surface area (TPSA) is 20.2 Å². The van der Waals surface area contributed by atoms with Crippen molar-refractivity contribution >= 4 is 0 Å². The molecule has 1 N–H and O–H groups in total. The Bertz CT molecular complexity index is 153. The van der Waals surface area contributed by atoms with Crippen LogP contribution in [0, 0.1) is 11.8 Å². The summed E-state index contributed by atoms with van der Waals surface area (Å²) in [6.07, 6.45) is 7.47. The van der Waals surface area contributed by atoms with E-state index < -0.39 is 0 Å². The van der Waals surface area contributed by atoms with Crippen LogP contribution in [0.3, 0.4) is 0 Å². The van der Waals surface area contributed by atoms with Crippen molar-refractivity contribution in [2.24, 2.45) is 11.8 Å². The molecule has 64 valence electrons. The van der Waals surface area contributed by atoms with Gasteiger partial charge in [0.15, 0.2) is 0 Å². The van der Waals surface area contributed by atoms with Gasteiger partial charge in [-0.15, -0.1) is 0 Å². The van der Waals surface area contributed by atoms with E-state index in [0.717, 1.165) is 6.42 Å². The zero-order valence-corrected chi connectivity index (χ0v) is 7.34. The second-order valence-electron chi connectivity index (χ2n) is 4.41. The zero-order valence-electron chi connectivity index (χ0n) is 7.34. The molecule has 11 heavy (non-hydrogen) atoms. The van der Waals surface area contributed by atoms with Gasteiger partial charge in [-0.2, -0.15) is 0 Å². The minimum atomic E-state index is -0.252. The predicted octanol–water partition coefficient (Wildman–Crippen LogP) is 2.34. The van der Waals surface area contributed by atoms with Gasteiger partial charge >= 0.3 is 0 Å². The van der Waals surface area contributed by atoms with Gasteiger partial charge in [0.05, 0.1) is 5.60 Å². The summed E-state index contributed by atoms with van der Waals surface area (Å²) in [4.78, 5) is 0. The Kier molecular flexibility index (Phi) is 1.71. The van der Waals surface area contributed by atoms with Crippen molar-refractivity contribution in [3.05, 3.63) is 0 Å². The number of fused-ring (bicyclic) bond motifs is 1. The third kappa shape index (κ3) is 1.01. The summed E-state index contributed by atoms with van der Waals surface area (Å²) in [5.74, 6) is 1.21.